The minimum absolute atomic E-state index is 0.451. The van der Waals surface area contributed by atoms with Gasteiger partial charge in [0, 0.05) is 4.88 Å². The maximum absolute atomic E-state index is 10.6. The second-order valence-corrected chi connectivity index (χ2v) is 6.03. The molecule has 2 heteroatoms. The fourth-order valence-corrected chi connectivity index (χ4v) is 3.46. The maximum atomic E-state index is 10.6. The first-order valence-corrected chi connectivity index (χ1v) is 6.75. The second-order valence-electron chi connectivity index (χ2n) is 5.08. The molecule has 0 aliphatic heterocycles. The summed E-state index contributed by atoms with van der Waals surface area (Å²) >= 11 is 1.67. The van der Waals surface area contributed by atoms with Crippen molar-refractivity contribution in [2.24, 2.45) is 11.8 Å². The van der Waals surface area contributed by atoms with E-state index in [4.69, 9.17) is 0 Å². The molecule has 1 fully saturated rings. The van der Waals surface area contributed by atoms with Gasteiger partial charge in [0.2, 0.25) is 0 Å². The highest BCUT2D eigenvalue weighted by Crippen LogP contribution is 2.41. The molecule has 2 rings (SSSR count). The third-order valence-electron chi connectivity index (χ3n) is 3.83. The van der Waals surface area contributed by atoms with Crippen LogP contribution in [0.4, 0.5) is 0 Å². The molecule has 1 aliphatic rings. The Kier molecular flexibility index (Phi) is 3.17. The summed E-state index contributed by atoms with van der Waals surface area (Å²) in [6, 6.07) is 4.09. The predicted octanol–water partition coefficient (Wildman–Crippen LogP) is 3.78. The van der Waals surface area contributed by atoms with Gasteiger partial charge in [-0.15, -0.1) is 11.3 Å². The molecule has 1 aromatic heterocycles. The second kappa shape index (κ2) is 4.26. The van der Waals surface area contributed by atoms with Gasteiger partial charge in [0.1, 0.15) is 0 Å². The zero-order valence-corrected chi connectivity index (χ0v) is 10.4. The molecule has 84 valence electrons. The Hall–Kier alpha value is -0.340. The molecule has 0 bridgehead atoms. The molecule has 0 spiro atoms. The Morgan fingerprint density at radius 1 is 1.33 bits per heavy atom. The van der Waals surface area contributed by atoms with Gasteiger partial charge in [0.15, 0.2) is 0 Å². The van der Waals surface area contributed by atoms with Gasteiger partial charge in [-0.3, -0.25) is 0 Å². The smallest absolute Gasteiger partial charge is 0.0987 e. The Labute approximate surface area is 96.1 Å². The average molecular weight is 224 g/mol. The summed E-state index contributed by atoms with van der Waals surface area (Å²) in [5.74, 6) is 1.30. The van der Waals surface area contributed by atoms with Crippen LogP contribution >= 0.6 is 11.3 Å². The van der Waals surface area contributed by atoms with Crippen molar-refractivity contribution in [3.05, 3.63) is 22.4 Å². The highest BCUT2D eigenvalue weighted by Gasteiger charge is 2.36. The summed E-state index contributed by atoms with van der Waals surface area (Å²) in [6.45, 7) is 4.30. The van der Waals surface area contributed by atoms with Crippen molar-refractivity contribution in [2.45, 2.75) is 45.1 Å². The number of hydrogen-bond acceptors (Lipinski definition) is 2. The van der Waals surface area contributed by atoms with Crippen LogP contribution < -0.4 is 0 Å². The lowest BCUT2D eigenvalue weighted by molar-refractivity contribution is -0.0233. The van der Waals surface area contributed by atoms with Crippen molar-refractivity contribution < 1.29 is 5.11 Å². The van der Waals surface area contributed by atoms with Gasteiger partial charge in [-0.25, -0.2) is 0 Å². The molecule has 1 heterocycles. The SMILES string of the molecule is CC1CCC(C(C)(O)c2cccs2)CC1. The van der Waals surface area contributed by atoms with Crippen molar-refractivity contribution in [2.75, 3.05) is 0 Å². The van der Waals surface area contributed by atoms with E-state index < -0.39 is 5.60 Å². The third-order valence-corrected chi connectivity index (χ3v) is 4.93. The van der Waals surface area contributed by atoms with Crippen molar-refractivity contribution in [1.82, 2.24) is 0 Å². The molecule has 1 saturated carbocycles. The molecule has 1 aliphatic carbocycles. The van der Waals surface area contributed by atoms with Crippen molar-refractivity contribution in [1.29, 1.82) is 0 Å². The Morgan fingerprint density at radius 3 is 2.53 bits per heavy atom. The van der Waals surface area contributed by atoms with Crippen molar-refractivity contribution in [3.8, 4) is 0 Å². The molecule has 0 amide bonds. The summed E-state index contributed by atoms with van der Waals surface area (Å²) in [6.07, 6.45) is 4.89. The quantitative estimate of drug-likeness (QED) is 0.810. The summed E-state index contributed by atoms with van der Waals surface area (Å²) < 4.78 is 0. The summed E-state index contributed by atoms with van der Waals surface area (Å²) in [7, 11) is 0. The minimum atomic E-state index is -0.603. The van der Waals surface area contributed by atoms with Gasteiger partial charge in [-0.2, -0.15) is 0 Å². The molecule has 1 nitrogen and oxygen atoms in total. The topological polar surface area (TPSA) is 20.2 Å². The van der Waals surface area contributed by atoms with E-state index in [2.05, 4.69) is 18.4 Å². The summed E-state index contributed by atoms with van der Waals surface area (Å²) in [5.41, 5.74) is -0.603. The molecule has 1 unspecified atom stereocenters. The molecule has 1 atom stereocenters. The monoisotopic (exact) mass is 224 g/mol. The zero-order valence-electron chi connectivity index (χ0n) is 9.57. The first-order valence-electron chi connectivity index (χ1n) is 5.87. The lowest BCUT2D eigenvalue weighted by Crippen LogP contribution is -2.33. The maximum Gasteiger partial charge on any atom is 0.0987 e. The first-order chi connectivity index (χ1) is 7.10. The predicted molar refractivity (Wildman–Crippen MR) is 65.0 cm³/mol. The van der Waals surface area contributed by atoms with Gasteiger partial charge < -0.3 is 5.11 Å². The number of rotatable bonds is 2. The van der Waals surface area contributed by atoms with Crippen LogP contribution in [0, 0.1) is 11.8 Å². The van der Waals surface area contributed by atoms with Gasteiger partial charge in [0.05, 0.1) is 5.60 Å². The van der Waals surface area contributed by atoms with Crippen LogP contribution in [0.5, 0.6) is 0 Å². The average Bonchev–Trinajstić information content (AvgIpc) is 2.71. The van der Waals surface area contributed by atoms with Gasteiger partial charge in [-0.05, 0) is 43.0 Å². The van der Waals surface area contributed by atoms with Crippen LogP contribution in [0.2, 0.25) is 0 Å². The van der Waals surface area contributed by atoms with E-state index in [9.17, 15) is 5.11 Å². The van der Waals surface area contributed by atoms with Crippen molar-refractivity contribution in [3.63, 3.8) is 0 Å². The molecular formula is C13H20OS. The molecule has 0 aromatic carbocycles. The fourth-order valence-electron chi connectivity index (χ4n) is 2.59. The zero-order chi connectivity index (χ0) is 10.9. The molecule has 1 N–H and O–H groups in total. The van der Waals surface area contributed by atoms with E-state index in [1.165, 1.54) is 25.7 Å². The first kappa shape index (κ1) is 11.2. The van der Waals surface area contributed by atoms with Crippen LogP contribution in [0.25, 0.3) is 0 Å². The highest BCUT2D eigenvalue weighted by atomic mass is 32.1. The van der Waals surface area contributed by atoms with Crippen LogP contribution in [0.1, 0.15) is 44.4 Å². The van der Waals surface area contributed by atoms with E-state index in [-0.39, 0.29) is 0 Å². The summed E-state index contributed by atoms with van der Waals surface area (Å²) in [4.78, 5) is 1.13. The molecule has 15 heavy (non-hydrogen) atoms. The van der Waals surface area contributed by atoms with Crippen LogP contribution in [0.15, 0.2) is 17.5 Å². The van der Waals surface area contributed by atoms with E-state index >= 15 is 0 Å². The van der Waals surface area contributed by atoms with E-state index in [1.807, 2.05) is 13.0 Å². The van der Waals surface area contributed by atoms with Gasteiger partial charge in [0.25, 0.3) is 0 Å². The van der Waals surface area contributed by atoms with E-state index in [0.29, 0.717) is 5.92 Å². The standard InChI is InChI=1S/C13H20OS/c1-10-5-7-11(8-6-10)13(2,14)12-4-3-9-15-12/h3-4,9-11,14H,5-8H2,1-2H3. The third kappa shape index (κ3) is 2.26. The number of thiophene rings is 1. The van der Waals surface area contributed by atoms with Gasteiger partial charge in [-0.1, -0.05) is 25.8 Å². The lowest BCUT2D eigenvalue weighted by atomic mass is 9.74. The highest BCUT2D eigenvalue weighted by molar-refractivity contribution is 7.10. The van der Waals surface area contributed by atoms with E-state index in [0.717, 1.165) is 10.8 Å². The number of aliphatic hydroxyl groups is 1. The molecule has 0 saturated heterocycles. The Bertz CT molecular complexity index is 294. The van der Waals surface area contributed by atoms with Crippen molar-refractivity contribution >= 4 is 11.3 Å². The number of hydrogen-bond donors (Lipinski definition) is 1. The summed E-state index contributed by atoms with van der Waals surface area (Å²) in [5, 5.41) is 12.6. The Morgan fingerprint density at radius 2 is 2.00 bits per heavy atom. The largest absolute Gasteiger partial charge is 0.384 e. The van der Waals surface area contributed by atoms with Crippen LogP contribution in [-0.4, -0.2) is 5.11 Å². The van der Waals surface area contributed by atoms with Crippen LogP contribution in [-0.2, 0) is 5.60 Å². The fraction of sp³-hybridized carbons (Fsp3) is 0.692. The minimum Gasteiger partial charge on any atom is -0.384 e. The lowest BCUT2D eigenvalue weighted by Gasteiger charge is -2.36. The Balaban J connectivity index is 2.09. The normalized spacial score (nSPS) is 31.1. The molecule has 0 radical (unpaired) electrons. The molecular weight excluding hydrogens is 204 g/mol. The van der Waals surface area contributed by atoms with Crippen LogP contribution in [0.3, 0.4) is 0 Å². The van der Waals surface area contributed by atoms with Gasteiger partial charge >= 0.3 is 0 Å². The molecule has 1 aromatic rings. The van der Waals surface area contributed by atoms with E-state index in [1.54, 1.807) is 11.3 Å².